The zero-order valence-corrected chi connectivity index (χ0v) is 11.5. The van der Waals surface area contributed by atoms with Crippen molar-refractivity contribution in [2.45, 2.75) is 12.5 Å². The van der Waals surface area contributed by atoms with Gasteiger partial charge in [0.1, 0.15) is 0 Å². The first-order chi connectivity index (χ1) is 10.0. The monoisotopic (exact) mass is 290 g/mol. The predicted molar refractivity (Wildman–Crippen MR) is 76.7 cm³/mol. The molecule has 0 radical (unpaired) electrons. The second kappa shape index (κ2) is 6.32. The fourth-order valence-corrected chi connectivity index (χ4v) is 2.13. The molecule has 5 nitrogen and oxygen atoms in total. The highest BCUT2D eigenvalue weighted by atomic mass is 19.1. The molecular formula is C15H15FN2O3. The zero-order chi connectivity index (χ0) is 15.4. The molecule has 0 amide bonds. The molecule has 6 heteroatoms. The molecule has 0 bridgehead atoms. The second-order valence-electron chi connectivity index (χ2n) is 4.59. The Hall–Kier alpha value is -2.47. The van der Waals surface area contributed by atoms with Crippen molar-refractivity contribution in [2.75, 3.05) is 7.11 Å². The molecule has 1 unspecified atom stereocenters. The van der Waals surface area contributed by atoms with Gasteiger partial charge in [-0.25, -0.2) is 4.39 Å². The van der Waals surface area contributed by atoms with E-state index in [9.17, 15) is 14.5 Å². The Labute approximate surface area is 121 Å². The number of hydrogen-bond donors (Lipinski definition) is 1. The highest BCUT2D eigenvalue weighted by Gasteiger charge is 2.21. The Balaban J connectivity index is 2.36. The quantitative estimate of drug-likeness (QED) is 0.678. The van der Waals surface area contributed by atoms with E-state index in [0.717, 1.165) is 11.6 Å². The zero-order valence-electron chi connectivity index (χ0n) is 11.5. The third-order valence-electron chi connectivity index (χ3n) is 3.22. The molecule has 2 N–H and O–H groups in total. The van der Waals surface area contributed by atoms with Gasteiger partial charge in [-0.2, -0.15) is 0 Å². The molecule has 0 saturated heterocycles. The molecule has 0 aromatic heterocycles. The number of ether oxygens (including phenoxy) is 1. The van der Waals surface area contributed by atoms with Crippen LogP contribution in [-0.2, 0) is 6.42 Å². The summed E-state index contributed by atoms with van der Waals surface area (Å²) >= 11 is 0. The van der Waals surface area contributed by atoms with E-state index in [1.54, 1.807) is 0 Å². The van der Waals surface area contributed by atoms with Crippen molar-refractivity contribution in [3.63, 3.8) is 0 Å². The van der Waals surface area contributed by atoms with Gasteiger partial charge in [0.15, 0.2) is 11.6 Å². The van der Waals surface area contributed by atoms with Gasteiger partial charge in [0, 0.05) is 11.6 Å². The molecule has 0 heterocycles. The van der Waals surface area contributed by atoms with E-state index in [2.05, 4.69) is 0 Å². The van der Waals surface area contributed by atoms with Crippen LogP contribution in [0.15, 0.2) is 42.5 Å². The normalized spacial score (nSPS) is 12.0. The van der Waals surface area contributed by atoms with Crippen LogP contribution in [0.2, 0.25) is 0 Å². The van der Waals surface area contributed by atoms with Crippen LogP contribution in [0.5, 0.6) is 5.75 Å². The molecule has 110 valence electrons. The first kappa shape index (κ1) is 14.9. The number of hydrogen-bond acceptors (Lipinski definition) is 4. The highest BCUT2D eigenvalue weighted by Crippen LogP contribution is 2.30. The van der Waals surface area contributed by atoms with Crippen molar-refractivity contribution in [2.24, 2.45) is 5.73 Å². The lowest BCUT2D eigenvalue weighted by Crippen LogP contribution is -2.14. The lowest BCUT2D eigenvalue weighted by Gasteiger charge is -2.13. The van der Waals surface area contributed by atoms with Crippen LogP contribution in [0.4, 0.5) is 10.1 Å². The summed E-state index contributed by atoms with van der Waals surface area (Å²) in [5.74, 6) is -0.794. The average molecular weight is 290 g/mol. The Bertz CT molecular complexity index is 647. The number of benzene rings is 2. The molecule has 0 aliphatic heterocycles. The smallest absolute Gasteiger partial charge is 0.275 e. The van der Waals surface area contributed by atoms with Crippen LogP contribution in [0, 0.1) is 15.9 Å². The van der Waals surface area contributed by atoms with Gasteiger partial charge in [0.2, 0.25) is 0 Å². The summed E-state index contributed by atoms with van der Waals surface area (Å²) < 4.78 is 18.5. The van der Waals surface area contributed by atoms with Gasteiger partial charge in [0.25, 0.3) is 5.69 Å². The Kier molecular flexibility index (Phi) is 4.49. The number of methoxy groups -OCH3 is 1. The topological polar surface area (TPSA) is 78.4 Å². The maximum Gasteiger partial charge on any atom is 0.275 e. The summed E-state index contributed by atoms with van der Waals surface area (Å²) in [5.41, 5.74) is 6.98. The molecular weight excluding hydrogens is 275 g/mol. The van der Waals surface area contributed by atoms with Crippen LogP contribution in [0.25, 0.3) is 0 Å². The van der Waals surface area contributed by atoms with E-state index in [1.807, 2.05) is 30.3 Å². The van der Waals surface area contributed by atoms with Gasteiger partial charge in [-0.3, -0.25) is 10.1 Å². The molecule has 21 heavy (non-hydrogen) atoms. The predicted octanol–water partition coefficient (Wildman–Crippen LogP) is 2.99. The Morgan fingerprint density at radius 3 is 2.57 bits per heavy atom. The molecule has 0 spiro atoms. The van der Waals surface area contributed by atoms with Crippen molar-refractivity contribution >= 4 is 5.69 Å². The minimum Gasteiger partial charge on any atom is -0.494 e. The van der Waals surface area contributed by atoms with E-state index in [0.29, 0.717) is 5.56 Å². The molecule has 1 atom stereocenters. The fraction of sp³-hybridized carbons (Fsp3) is 0.200. The van der Waals surface area contributed by atoms with Gasteiger partial charge in [-0.05, 0) is 18.1 Å². The standard InChI is InChI=1S/C15H15FN2O3/c1-21-15-8-11(14(18(19)20)9-12(15)16)7-13(17)10-5-3-2-4-6-10/h2-6,8-9,13H,7,17H2,1H3. The summed E-state index contributed by atoms with van der Waals surface area (Å²) in [6.07, 6.45) is 0.219. The van der Waals surface area contributed by atoms with Crippen LogP contribution < -0.4 is 10.5 Å². The average Bonchev–Trinajstić information content (AvgIpc) is 2.49. The van der Waals surface area contributed by atoms with E-state index < -0.39 is 16.8 Å². The third kappa shape index (κ3) is 3.35. The maximum atomic E-state index is 13.6. The summed E-state index contributed by atoms with van der Waals surface area (Å²) in [6, 6.07) is 11.0. The van der Waals surface area contributed by atoms with Crippen molar-refractivity contribution < 1.29 is 14.1 Å². The molecule has 2 rings (SSSR count). The first-order valence-electron chi connectivity index (χ1n) is 6.34. The minimum absolute atomic E-state index is 0.0316. The number of halogens is 1. The minimum atomic E-state index is -0.763. The van der Waals surface area contributed by atoms with Crippen LogP contribution in [0.3, 0.4) is 0 Å². The Morgan fingerprint density at radius 1 is 1.33 bits per heavy atom. The SMILES string of the molecule is COc1cc(CC(N)c2ccccc2)c([N+](=O)[O-])cc1F. The third-order valence-corrected chi connectivity index (χ3v) is 3.22. The van der Waals surface area contributed by atoms with E-state index in [1.165, 1.54) is 13.2 Å². The van der Waals surface area contributed by atoms with Crippen molar-refractivity contribution in [1.29, 1.82) is 0 Å². The lowest BCUT2D eigenvalue weighted by molar-refractivity contribution is -0.385. The summed E-state index contributed by atoms with van der Waals surface area (Å²) in [7, 11) is 1.31. The van der Waals surface area contributed by atoms with Gasteiger partial charge < -0.3 is 10.5 Å². The fourth-order valence-electron chi connectivity index (χ4n) is 2.13. The summed E-state index contributed by atoms with van der Waals surface area (Å²) in [5, 5.41) is 11.0. The first-order valence-corrected chi connectivity index (χ1v) is 6.34. The highest BCUT2D eigenvalue weighted by molar-refractivity contribution is 5.47. The van der Waals surface area contributed by atoms with Crippen LogP contribution in [0.1, 0.15) is 17.2 Å². The van der Waals surface area contributed by atoms with Crippen molar-refractivity contribution in [1.82, 2.24) is 0 Å². The van der Waals surface area contributed by atoms with E-state index in [4.69, 9.17) is 10.5 Å². The van der Waals surface area contributed by atoms with Gasteiger partial charge in [-0.1, -0.05) is 30.3 Å². The van der Waals surface area contributed by atoms with E-state index in [-0.39, 0.29) is 17.9 Å². The number of nitro benzene ring substituents is 1. The molecule has 0 aliphatic carbocycles. The molecule has 0 aliphatic rings. The molecule has 2 aromatic carbocycles. The number of nitrogens with zero attached hydrogens (tertiary/aromatic N) is 1. The largest absolute Gasteiger partial charge is 0.494 e. The van der Waals surface area contributed by atoms with Gasteiger partial charge >= 0.3 is 0 Å². The molecule has 0 fully saturated rings. The maximum absolute atomic E-state index is 13.6. The van der Waals surface area contributed by atoms with Crippen LogP contribution in [-0.4, -0.2) is 12.0 Å². The van der Waals surface area contributed by atoms with E-state index >= 15 is 0 Å². The number of rotatable bonds is 5. The van der Waals surface area contributed by atoms with Crippen molar-refractivity contribution in [3.05, 3.63) is 69.5 Å². The number of nitro groups is 1. The molecule has 0 saturated carbocycles. The molecule has 2 aromatic rings. The Morgan fingerprint density at radius 2 is 2.00 bits per heavy atom. The lowest BCUT2D eigenvalue weighted by atomic mass is 9.98. The summed E-state index contributed by atoms with van der Waals surface area (Å²) in [6.45, 7) is 0. The number of nitrogens with two attached hydrogens (primary N) is 1. The van der Waals surface area contributed by atoms with Crippen molar-refractivity contribution in [3.8, 4) is 5.75 Å². The van der Waals surface area contributed by atoms with Gasteiger partial charge in [-0.15, -0.1) is 0 Å². The van der Waals surface area contributed by atoms with Gasteiger partial charge in [0.05, 0.1) is 18.1 Å². The van der Waals surface area contributed by atoms with Crippen LogP contribution >= 0.6 is 0 Å². The summed E-state index contributed by atoms with van der Waals surface area (Å²) in [4.78, 5) is 10.4. The second-order valence-corrected chi connectivity index (χ2v) is 4.59.